The Bertz CT molecular complexity index is 370. The van der Waals surface area contributed by atoms with E-state index >= 15 is 0 Å². The molecule has 6 rings (SSSR count). The summed E-state index contributed by atoms with van der Waals surface area (Å²) in [5.41, 5.74) is 0. The van der Waals surface area contributed by atoms with Crippen molar-refractivity contribution in [1.82, 2.24) is 0 Å². The fourth-order valence-corrected chi connectivity index (χ4v) is 6.81. The number of allylic oxidation sites excluding steroid dienone is 2. The summed E-state index contributed by atoms with van der Waals surface area (Å²) in [5.74, 6) is 8.51. The number of rotatable bonds is 4. The second kappa shape index (κ2) is 5.46. The minimum atomic E-state index is 1.00. The molecule has 1 heteroatoms. The molecule has 4 atom stereocenters. The van der Waals surface area contributed by atoms with Gasteiger partial charge in [0.25, 0.3) is 0 Å². The molecule has 0 aliphatic heterocycles. The summed E-state index contributed by atoms with van der Waals surface area (Å²) in [7, 11) is 0. The highest BCUT2D eigenvalue weighted by Crippen LogP contribution is 2.61. The maximum absolute atomic E-state index is 2.60. The molecule has 0 aromatic carbocycles. The normalized spacial score (nSPS) is 51.4. The van der Waals surface area contributed by atoms with E-state index in [-0.39, 0.29) is 0 Å². The molecule has 0 unspecified atom stereocenters. The van der Waals surface area contributed by atoms with E-state index in [0.717, 1.165) is 53.9 Å². The summed E-state index contributed by atoms with van der Waals surface area (Å²) in [6, 6.07) is 0. The molecule has 0 heterocycles. The van der Waals surface area contributed by atoms with Gasteiger partial charge in [-0.2, -0.15) is 0 Å². The minimum absolute atomic E-state index is 1.00. The topological polar surface area (TPSA) is 0 Å². The average Bonchev–Trinajstić information content (AvgIpc) is 2.39. The third-order valence-electron chi connectivity index (χ3n) is 8.34. The van der Waals surface area contributed by atoms with Crippen molar-refractivity contribution in [2.75, 3.05) is 0 Å². The molecule has 116 valence electrons. The maximum atomic E-state index is 2.60. The smallest absolute Gasteiger partial charge is 0.0960 e. The van der Waals surface area contributed by atoms with Gasteiger partial charge in [0.15, 0.2) is 6.71 Å². The fraction of sp³-hybridized carbons (Fsp3) is 0.900. The van der Waals surface area contributed by atoms with Crippen LogP contribution in [0, 0.1) is 35.5 Å². The van der Waals surface area contributed by atoms with Crippen molar-refractivity contribution in [2.24, 2.45) is 35.5 Å². The number of hydrogen-bond donors (Lipinski definition) is 0. The van der Waals surface area contributed by atoms with Crippen molar-refractivity contribution >= 4 is 6.71 Å². The van der Waals surface area contributed by atoms with E-state index in [9.17, 15) is 0 Å². The van der Waals surface area contributed by atoms with Crippen LogP contribution in [0.3, 0.4) is 0 Å². The number of hydrogen-bond acceptors (Lipinski definition) is 0. The van der Waals surface area contributed by atoms with Gasteiger partial charge in [0.1, 0.15) is 0 Å². The van der Waals surface area contributed by atoms with Crippen LogP contribution in [0.2, 0.25) is 18.0 Å². The first-order chi connectivity index (χ1) is 10.2. The molecule has 4 bridgehead atoms. The predicted octanol–water partition coefficient (Wildman–Crippen LogP) is 5.93. The third kappa shape index (κ3) is 2.34. The third-order valence-corrected chi connectivity index (χ3v) is 8.34. The molecule has 0 saturated heterocycles. The van der Waals surface area contributed by atoms with Gasteiger partial charge in [-0.15, -0.1) is 0 Å². The van der Waals surface area contributed by atoms with Crippen LogP contribution < -0.4 is 0 Å². The lowest BCUT2D eigenvalue weighted by Crippen LogP contribution is -2.49. The summed E-state index contributed by atoms with van der Waals surface area (Å²) in [6.07, 6.45) is 15.6. The summed E-state index contributed by atoms with van der Waals surface area (Å²) >= 11 is 0. The molecule has 0 aromatic rings. The van der Waals surface area contributed by atoms with E-state index in [0.29, 0.717) is 0 Å². The van der Waals surface area contributed by atoms with Crippen molar-refractivity contribution in [2.45, 2.75) is 77.3 Å². The van der Waals surface area contributed by atoms with E-state index < -0.39 is 0 Å². The Kier molecular flexibility index (Phi) is 3.75. The molecule has 0 amide bonds. The molecule has 6 saturated carbocycles. The second-order valence-corrected chi connectivity index (χ2v) is 9.18. The van der Waals surface area contributed by atoms with Crippen LogP contribution in [0.5, 0.6) is 0 Å². The highest BCUT2D eigenvalue weighted by Gasteiger charge is 2.52. The van der Waals surface area contributed by atoms with Gasteiger partial charge in [0.2, 0.25) is 0 Å². The monoisotopic (exact) mass is 284 g/mol. The zero-order valence-corrected chi connectivity index (χ0v) is 14.3. The molecule has 0 radical (unpaired) electrons. The SMILES string of the molecule is C/C=C\CB([C@H]1CC2CC(C2)[C@@H]1C)[C@H]1CC2CC(C2)[C@@H]1C. The van der Waals surface area contributed by atoms with Gasteiger partial charge in [-0.3, -0.25) is 0 Å². The van der Waals surface area contributed by atoms with Gasteiger partial charge in [-0.05, 0) is 68.1 Å². The first-order valence-electron chi connectivity index (χ1n) is 9.78. The zero-order chi connectivity index (χ0) is 14.6. The van der Waals surface area contributed by atoms with Crippen LogP contribution in [0.1, 0.15) is 59.3 Å². The van der Waals surface area contributed by atoms with E-state index in [1.807, 2.05) is 0 Å². The first kappa shape index (κ1) is 14.4. The summed E-state index contributed by atoms with van der Waals surface area (Å²) in [4.78, 5) is 0. The van der Waals surface area contributed by atoms with Crippen LogP contribution in [-0.4, -0.2) is 6.71 Å². The van der Waals surface area contributed by atoms with Crippen molar-refractivity contribution < 1.29 is 0 Å². The van der Waals surface area contributed by atoms with Crippen molar-refractivity contribution in [1.29, 1.82) is 0 Å². The quantitative estimate of drug-likeness (QED) is 0.443. The average molecular weight is 284 g/mol. The Balaban J connectivity index is 1.53. The Hall–Kier alpha value is -0.195. The van der Waals surface area contributed by atoms with Crippen molar-refractivity contribution in [3.8, 4) is 0 Å². The molecular formula is C20H33B. The Labute approximate surface area is 132 Å². The lowest BCUT2D eigenvalue weighted by atomic mass is 9.23. The second-order valence-electron chi connectivity index (χ2n) is 9.18. The van der Waals surface area contributed by atoms with Gasteiger partial charge in [0, 0.05) is 0 Å². The molecular weight excluding hydrogens is 251 g/mol. The summed E-state index contributed by atoms with van der Waals surface area (Å²) < 4.78 is 0. The molecule has 0 aromatic heterocycles. The van der Waals surface area contributed by atoms with E-state index in [4.69, 9.17) is 0 Å². The van der Waals surface area contributed by atoms with Gasteiger partial charge in [0.05, 0.1) is 0 Å². The van der Waals surface area contributed by atoms with Crippen LogP contribution in [-0.2, 0) is 0 Å². The molecule has 6 aliphatic carbocycles. The minimum Gasteiger partial charge on any atom is -0.0960 e. The molecule has 21 heavy (non-hydrogen) atoms. The fourth-order valence-electron chi connectivity index (χ4n) is 6.81. The van der Waals surface area contributed by atoms with Gasteiger partial charge in [-0.1, -0.05) is 56.8 Å². The Morgan fingerprint density at radius 1 is 0.810 bits per heavy atom. The maximum Gasteiger partial charge on any atom is 0.150 e. The molecule has 6 aliphatic rings. The standard InChI is InChI=1S/C20H33B/c1-4-5-6-21(19-11-15-7-17(8-15)13(19)2)20-12-16-9-18(10-16)14(20)3/h4-5,13-20H,6-12H2,1-3H3/b5-4-/t13-,14-,15?,16?,17?,18?,19-,20-/m0/s1. The molecule has 6 fully saturated rings. The largest absolute Gasteiger partial charge is 0.150 e. The Morgan fingerprint density at radius 2 is 1.29 bits per heavy atom. The lowest BCUT2D eigenvalue weighted by molar-refractivity contribution is 0.0447. The van der Waals surface area contributed by atoms with Crippen molar-refractivity contribution in [3.05, 3.63) is 12.2 Å². The highest BCUT2D eigenvalue weighted by molar-refractivity contribution is 6.62. The summed E-state index contributed by atoms with van der Waals surface area (Å²) in [5, 5.41) is 0. The summed E-state index contributed by atoms with van der Waals surface area (Å²) in [6.45, 7) is 8.41. The number of fused-ring (bicyclic) bond motifs is 4. The Morgan fingerprint density at radius 3 is 1.67 bits per heavy atom. The van der Waals surface area contributed by atoms with Gasteiger partial charge < -0.3 is 0 Å². The highest BCUT2D eigenvalue weighted by atomic mass is 14.5. The lowest BCUT2D eigenvalue weighted by Gasteiger charge is -2.57. The predicted molar refractivity (Wildman–Crippen MR) is 92.9 cm³/mol. The van der Waals surface area contributed by atoms with Gasteiger partial charge in [-0.25, -0.2) is 0 Å². The molecule has 0 N–H and O–H groups in total. The first-order valence-corrected chi connectivity index (χ1v) is 9.78. The molecule has 0 nitrogen and oxygen atoms in total. The van der Waals surface area contributed by atoms with Gasteiger partial charge >= 0.3 is 0 Å². The van der Waals surface area contributed by atoms with Crippen molar-refractivity contribution in [3.63, 3.8) is 0 Å². The molecule has 0 spiro atoms. The van der Waals surface area contributed by atoms with E-state index in [1.54, 1.807) is 38.5 Å². The van der Waals surface area contributed by atoms with E-state index in [2.05, 4.69) is 32.9 Å². The van der Waals surface area contributed by atoms with Crippen LogP contribution in [0.15, 0.2) is 12.2 Å². The van der Waals surface area contributed by atoms with Crippen LogP contribution in [0.25, 0.3) is 0 Å². The van der Waals surface area contributed by atoms with Crippen LogP contribution in [0.4, 0.5) is 0 Å². The zero-order valence-electron chi connectivity index (χ0n) is 14.3. The van der Waals surface area contributed by atoms with Crippen LogP contribution >= 0.6 is 0 Å². The van der Waals surface area contributed by atoms with E-state index in [1.165, 1.54) is 6.32 Å².